The highest BCUT2D eigenvalue weighted by molar-refractivity contribution is 7.16. The fourth-order valence-electron chi connectivity index (χ4n) is 1.76. The third kappa shape index (κ3) is 5.28. The van der Waals surface area contributed by atoms with Gasteiger partial charge in [0.25, 0.3) is 11.7 Å². The number of amides is 1. The molecule has 28 heavy (non-hydrogen) atoms. The van der Waals surface area contributed by atoms with Crippen LogP contribution in [0.25, 0.3) is 0 Å². The van der Waals surface area contributed by atoms with E-state index in [9.17, 15) is 40.7 Å². The zero-order chi connectivity index (χ0) is 21.3. The van der Waals surface area contributed by atoms with Crippen LogP contribution in [0.4, 0.5) is 26.3 Å². The Morgan fingerprint density at radius 3 is 2.25 bits per heavy atom. The van der Waals surface area contributed by atoms with E-state index in [0.29, 0.717) is 22.7 Å². The maximum atomic E-state index is 12.4. The SMILES string of the molecule is CC(NC(=O)c1ccc(C(=O)C(F)(F)F)s1)c1csc(OC(=O)C(F)(F)F)[nH+]1. The second-order valence-electron chi connectivity index (χ2n) is 5.18. The number of ether oxygens (including phenoxy) is 1. The number of hydrogen-bond donors (Lipinski definition) is 1. The number of H-pyrrole nitrogens is 1. The number of aromatic amines is 1. The summed E-state index contributed by atoms with van der Waals surface area (Å²) < 4.78 is 77.8. The molecule has 1 atom stereocenters. The third-order valence-corrected chi connectivity index (χ3v) is 4.94. The van der Waals surface area contributed by atoms with E-state index in [1.165, 1.54) is 12.3 Å². The molecule has 152 valence electrons. The van der Waals surface area contributed by atoms with Crippen LogP contribution in [0.5, 0.6) is 5.19 Å². The number of thiazole rings is 1. The standard InChI is InChI=1S/C14H8F6N2O4S2/c1-5(6-4-27-12(22-6)26-11(25)14(18,19)20)21-10(24)8-3-2-7(28-8)9(23)13(15,16)17/h2-5H,1H3,(H,21,24)/p+1. The molecule has 0 aromatic carbocycles. The average Bonchev–Trinajstić information content (AvgIpc) is 3.21. The lowest BCUT2D eigenvalue weighted by Crippen LogP contribution is -2.31. The van der Waals surface area contributed by atoms with E-state index in [1.807, 2.05) is 0 Å². The zero-order valence-electron chi connectivity index (χ0n) is 13.5. The average molecular weight is 447 g/mol. The molecule has 2 aromatic rings. The maximum absolute atomic E-state index is 12.4. The fourth-order valence-corrected chi connectivity index (χ4v) is 3.43. The topological polar surface area (TPSA) is 86.6 Å². The molecular weight excluding hydrogens is 438 g/mol. The molecule has 6 nitrogen and oxygen atoms in total. The fraction of sp³-hybridized carbons (Fsp3) is 0.286. The molecule has 2 heterocycles. The number of hydrogen-bond acceptors (Lipinski definition) is 6. The van der Waals surface area contributed by atoms with Crippen LogP contribution in [0.15, 0.2) is 17.5 Å². The zero-order valence-corrected chi connectivity index (χ0v) is 15.2. The second kappa shape index (κ2) is 7.87. The van der Waals surface area contributed by atoms with Gasteiger partial charge in [0.15, 0.2) is 0 Å². The molecule has 1 amide bonds. The van der Waals surface area contributed by atoms with Gasteiger partial charge in [-0.15, -0.1) is 11.3 Å². The van der Waals surface area contributed by atoms with Gasteiger partial charge in [-0.3, -0.25) is 9.59 Å². The summed E-state index contributed by atoms with van der Waals surface area (Å²) in [6, 6.07) is 1.09. The first-order valence-corrected chi connectivity index (χ1v) is 8.80. The lowest BCUT2D eigenvalue weighted by molar-refractivity contribution is -0.398. The minimum absolute atomic E-state index is 0.168. The summed E-state index contributed by atoms with van der Waals surface area (Å²) in [5.41, 5.74) is 0.187. The number of carbonyl (C=O) groups excluding carboxylic acids is 3. The van der Waals surface area contributed by atoms with Crippen LogP contribution in [0.2, 0.25) is 0 Å². The van der Waals surface area contributed by atoms with Crippen molar-refractivity contribution in [2.75, 3.05) is 0 Å². The van der Waals surface area contributed by atoms with Gasteiger partial charge in [0.1, 0.15) is 6.04 Å². The summed E-state index contributed by atoms with van der Waals surface area (Å²) in [6.07, 6.45) is -10.2. The summed E-state index contributed by atoms with van der Waals surface area (Å²) >= 11 is 0.985. The van der Waals surface area contributed by atoms with Crippen molar-refractivity contribution < 1.29 is 50.4 Å². The van der Waals surface area contributed by atoms with E-state index in [1.54, 1.807) is 0 Å². The van der Waals surface area contributed by atoms with Crippen molar-refractivity contribution >= 4 is 40.3 Å². The number of ketones is 1. The van der Waals surface area contributed by atoms with Crippen LogP contribution in [-0.4, -0.2) is 30.0 Å². The monoisotopic (exact) mass is 447 g/mol. The van der Waals surface area contributed by atoms with Gasteiger partial charge in [-0.1, -0.05) is 0 Å². The van der Waals surface area contributed by atoms with Gasteiger partial charge in [0, 0.05) is 0 Å². The van der Waals surface area contributed by atoms with Gasteiger partial charge in [-0.25, -0.2) is 4.79 Å². The van der Waals surface area contributed by atoms with Crippen molar-refractivity contribution in [2.24, 2.45) is 0 Å². The predicted octanol–water partition coefficient (Wildman–Crippen LogP) is 3.33. The second-order valence-corrected chi connectivity index (χ2v) is 7.10. The first-order chi connectivity index (χ1) is 12.8. The lowest BCUT2D eigenvalue weighted by Gasteiger charge is -2.07. The highest BCUT2D eigenvalue weighted by Crippen LogP contribution is 2.27. The van der Waals surface area contributed by atoms with E-state index < -0.39 is 46.1 Å². The van der Waals surface area contributed by atoms with Gasteiger partial charge >= 0.3 is 23.5 Å². The Morgan fingerprint density at radius 1 is 1.07 bits per heavy atom. The van der Waals surface area contributed by atoms with E-state index in [4.69, 9.17) is 0 Å². The lowest BCUT2D eigenvalue weighted by atomic mass is 10.2. The number of alkyl halides is 6. The van der Waals surface area contributed by atoms with Crippen molar-refractivity contribution in [1.29, 1.82) is 0 Å². The summed E-state index contributed by atoms with van der Waals surface area (Å²) in [6.45, 7) is 1.43. The molecule has 0 aliphatic heterocycles. The number of Topliss-reactive ketones (excluding diaryl/α,β-unsaturated/α-hetero) is 1. The molecular formula is C14H9F6N2O4S2+. The quantitative estimate of drug-likeness (QED) is 0.433. The van der Waals surface area contributed by atoms with Gasteiger partial charge in [-0.05, 0) is 30.4 Å². The van der Waals surface area contributed by atoms with E-state index in [2.05, 4.69) is 15.0 Å². The Kier molecular flexibility index (Phi) is 6.13. The van der Waals surface area contributed by atoms with Gasteiger partial charge in [-0.2, -0.15) is 31.3 Å². The minimum atomic E-state index is -5.18. The summed E-state index contributed by atoms with van der Waals surface area (Å²) in [4.78, 5) is 35.5. The normalized spacial score (nSPS) is 13.1. The Balaban J connectivity index is 2.03. The summed E-state index contributed by atoms with van der Waals surface area (Å²) in [7, 11) is 0. The summed E-state index contributed by atoms with van der Waals surface area (Å²) in [5.74, 6) is -5.30. The minimum Gasteiger partial charge on any atom is -0.355 e. The van der Waals surface area contributed by atoms with Crippen LogP contribution in [0, 0.1) is 0 Å². The molecule has 0 saturated carbocycles. The third-order valence-electron chi connectivity index (χ3n) is 3.08. The number of carbonyl (C=O) groups is 3. The molecule has 2 aromatic heterocycles. The Hall–Kier alpha value is -2.48. The molecule has 2 rings (SSSR count). The van der Waals surface area contributed by atoms with E-state index in [-0.39, 0.29) is 10.6 Å². The van der Waals surface area contributed by atoms with E-state index in [0.717, 1.165) is 12.1 Å². The van der Waals surface area contributed by atoms with Gasteiger partial charge in [0.05, 0.1) is 15.1 Å². The molecule has 0 aliphatic rings. The van der Waals surface area contributed by atoms with Gasteiger partial charge < -0.3 is 10.1 Å². The Labute approximate surface area is 160 Å². The van der Waals surface area contributed by atoms with Crippen molar-refractivity contribution in [2.45, 2.75) is 25.3 Å². The highest BCUT2D eigenvalue weighted by Gasteiger charge is 2.43. The van der Waals surface area contributed by atoms with Crippen molar-refractivity contribution in [3.8, 4) is 5.19 Å². The number of halogens is 6. The molecule has 0 bridgehead atoms. The predicted molar refractivity (Wildman–Crippen MR) is 83.2 cm³/mol. The largest absolute Gasteiger partial charge is 0.491 e. The van der Waals surface area contributed by atoms with Crippen molar-refractivity contribution in [1.82, 2.24) is 5.32 Å². The van der Waals surface area contributed by atoms with Crippen LogP contribution in [0.1, 0.15) is 38.0 Å². The number of aromatic nitrogens is 1. The maximum Gasteiger partial charge on any atom is 0.491 e. The van der Waals surface area contributed by atoms with Crippen LogP contribution >= 0.6 is 22.7 Å². The van der Waals surface area contributed by atoms with Crippen LogP contribution < -0.4 is 15.0 Å². The molecule has 14 heteroatoms. The molecule has 1 unspecified atom stereocenters. The molecule has 0 radical (unpaired) electrons. The molecule has 2 N–H and O–H groups in total. The highest BCUT2D eigenvalue weighted by atomic mass is 32.1. The molecule has 0 aliphatic carbocycles. The molecule has 0 fully saturated rings. The molecule has 0 saturated heterocycles. The van der Waals surface area contributed by atoms with Crippen molar-refractivity contribution in [3.05, 3.63) is 33.0 Å². The molecule has 0 spiro atoms. The number of rotatable bonds is 5. The van der Waals surface area contributed by atoms with E-state index >= 15 is 0 Å². The van der Waals surface area contributed by atoms with Crippen molar-refractivity contribution in [3.63, 3.8) is 0 Å². The Morgan fingerprint density at radius 2 is 1.68 bits per heavy atom. The van der Waals surface area contributed by atoms with Crippen LogP contribution in [-0.2, 0) is 4.79 Å². The van der Waals surface area contributed by atoms with Crippen LogP contribution in [0.3, 0.4) is 0 Å². The van der Waals surface area contributed by atoms with Gasteiger partial charge in [0.2, 0.25) is 5.69 Å². The first kappa shape index (κ1) is 21.8. The first-order valence-electron chi connectivity index (χ1n) is 7.11. The number of thiophene rings is 1. The Bertz CT molecular complexity index is 902. The number of esters is 1. The smallest absolute Gasteiger partial charge is 0.355 e. The summed E-state index contributed by atoms with van der Waals surface area (Å²) in [5, 5.41) is 3.22. The number of nitrogens with one attached hydrogen (secondary N) is 2.